The Bertz CT molecular complexity index is 151. The van der Waals surface area contributed by atoms with E-state index >= 15 is 0 Å². The monoisotopic (exact) mass is 185 g/mol. The van der Waals surface area contributed by atoms with Gasteiger partial charge in [0.1, 0.15) is 0 Å². The van der Waals surface area contributed by atoms with Crippen LogP contribution in [-0.2, 0) is 0 Å². The zero-order chi connectivity index (χ0) is 8.60. The summed E-state index contributed by atoms with van der Waals surface area (Å²) in [6, 6.07) is 1.91. The standard InChI is InChI=1S/C11H22N.H2O/c1-10-6-5-7-11(2)12(10)8-3-4-9-12;/h10-11H,3-9H2,1-2H3;1H2/q+1;/p-1/t10-,11+;. The lowest BCUT2D eigenvalue weighted by Gasteiger charge is -2.48. The molecule has 2 rings (SSSR count). The molecule has 13 heavy (non-hydrogen) atoms. The Morgan fingerprint density at radius 1 is 0.846 bits per heavy atom. The van der Waals surface area contributed by atoms with Crippen molar-refractivity contribution in [2.45, 2.75) is 58.0 Å². The quantitative estimate of drug-likeness (QED) is 0.533. The number of piperidine rings is 1. The Labute approximate surface area is 81.8 Å². The van der Waals surface area contributed by atoms with Gasteiger partial charge in [0, 0.05) is 12.8 Å². The van der Waals surface area contributed by atoms with Crippen LogP contribution in [0.1, 0.15) is 46.0 Å². The predicted octanol–water partition coefficient (Wildman–Crippen LogP) is 2.38. The van der Waals surface area contributed by atoms with Gasteiger partial charge in [0.05, 0.1) is 25.2 Å². The molecular formula is C11H23NO. The van der Waals surface area contributed by atoms with Gasteiger partial charge in [-0.25, -0.2) is 0 Å². The van der Waals surface area contributed by atoms with Crippen molar-refractivity contribution in [3.05, 3.63) is 0 Å². The third-order valence-corrected chi connectivity index (χ3v) is 4.40. The first-order valence-corrected chi connectivity index (χ1v) is 5.62. The number of quaternary nitrogens is 1. The van der Waals surface area contributed by atoms with Crippen LogP contribution in [0.2, 0.25) is 0 Å². The van der Waals surface area contributed by atoms with Crippen LogP contribution >= 0.6 is 0 Å². The van der Waals surface area contributed by atoms with Crippen molar-refractivity contribution in [1.29, 1.82) is 0 Å². The molecule has 2 aliphatic rings. The van der Waals surface area contributed by atoms with Crippen LogP contribution in [0.4, 0.5) is 0 Å². The second-order valence-corrected chi connectivity index (χ2v) is 4.89. The van der Waals surface area contributed by atoms with E-state index in [1.807, 2.05) is 0 Å². The molecule has 1 N–H and O–H groups in total. The van der Waals surface area contributed by atoms with Gasteiger partial charge in [-0.1, -0.05) is 0 Å². The molecule has 78 valence electrons. The zero-order valence-electron chi connectivity index (χ0n) is 9.00. The Hall–Kier alpha value is -0.0800. The van der Waals surface area contributed by atoms with Crippen LogP contribution in [0.5, 0.6) is 0 Å². The van der Waals surface area contributed by atoms with E-state index in [1.165, 1.54) is 49.7 Å². The molecule has 0 aromatic rings. The summed E-state index contributed by atoms with van der Waals surface area (Å²) in [7, 11) is 0. The number of rotatable bonds is 0. The molecule has 2 aliphatic heterocycles. The number of hydrogen-bond acceptors (Lipinski definition) is 1. The van der Waals surface area contributed by atoms with Gasteiger partial charge in [-0.05, 0) is 33.1 Å². The van der Waals surface area contributed by atoms with Crippen LogP contribution in [-0.4, -0.2) is 35.1 Å². The Balaban J connectivity index is 0.000000845. The van der Waals surface area contributed by atoms with Gasteiger partial charge in [0.25, 0.3) is 0 Å². The zero-order valence-corrected chi connectivity index (χ0v) is 9.00. The van der Waals surface area contributed by atoms with Crippen molar-refractivity contribution in [1.82, 2.24) is 0 Å². The topological polar surface area (TPSA) is 30.0 Å². The largest absolute Gasteiger partial charge is 0.870 e. The average Bonchev–Trinajstić information content (AvgIpc) is 2.50. The highest BCUT2D eigenvalue weighted by molar-refractivity contribution is 4.71. The second-order valence-electron chi connectivity index (χ2n) is 4.89. The van der Waals surface area contributed by atoms with E-state index < -0.39 is 0 Å². The van der Waals surface area contributed by atoms with Crippen molar-refractivity contribution in [3.8, 4) is 0 Å². The first-order chi connectivity index (χ1) is 5.76. The molecule has 0 aromatic carbocycles. The summed E-state index contributed by atoms with van der Waals surface area (Å²) >= 11 is 0. The molecule has 0 saturated carbocycles. The van der Waals surface area contributed by atoms with Crippen molar-refractivity contribution in [3.63, 3.8) is 0 Å². The summed E-state index contributed by atoms with van der Waals surface area (Å²) in [5, 5.41) is 0. The molecule has 2 nitrogen and oxygen atoms in total. The maximum absolute atomic E-state index is 2.47. The van der Waals surface area contributed by atoms with Crippen molar-refractivity contribution < 1.29 is 9.96 Å². The first kappa shape index (κ1) is 11.0. The summed E-state index contributed by atoms with van der Waals surface area (Å²) in [4.78, 5) is 0. The van der Waals surface area contributed by atoms with Crippen LogP contribution in [0.3, 0.4) is 0 Å². The Morgan fingerprint density at radius 3 is 1.77 bits per heavy atom. The Kier molecular flexibility index (Phi) is 3.36. The summed E-state index contributed by atoms with van der Waals surface area (Å²) in [5.41, 5.74) is 0. The van der Waals surface area contributed by atoms with E-state index in [2.05, 4.69) is 13.8 Å². The molecule has 0 unspecified atom stereocenters. The molecule has 1 spiro atoms. The van der Waals surface area contributed by atoms with E-state index in [4.69, 9.17) is 0 Å². The smallest absolute Gasteiger partial charge is 0.0863 e. The highest BCUT2D eigenvalue weighted by Gasteiger charge is 2.43. The minimum absolute atomic E-state index is 0. The molecule has 2 fully saturated rings. The highest BCUT2D eigenvalue weighted by atomic mass is 16.0. The summed E-state index contributed by atoms with van der Waals surface area (Å²) in [5.74, 6) is 0. The minimum Gasteiger partial charge on any atom is -0.870 e. The van der Waals surface area contributed by atoms with Crippen molar-refractivity contribution in [2.75, 3.05) is 13.1 Å². The van der Waals surface area contributed by atoms with Crippen molar-refractivity contribution >= 4 is 0 Å². The SMILES string of the molecule is C[C@@H]1CCC[C@H](C)[N+]12CCCC2.[OH-]. The summed E-state index contributed by atoms with van der Waals surface area (Å²) < 4.78 is 1.47. The third kappa shape index (κ3) is 1.62. The predicted molar refractivity (Wildman–Crippen MR) is 53.9 cm³/mol. The Morgan fingerprint density at radius 2 is 1.31 bits per heavy atom. The fourth-order valence-corrected chi connectivity index (χ4v) is 3.46. The first-order valence-electron chi connectivity index (χ1n) is 5.62. The molecule has 2 heterocycles. The van der Waals surface area contributed by atoms with E-state index in [0.717, 1.165) is 12.1 Å². The third-order valence-electron chi connectivity index (χ3n) is 4.40. The molecule has 2 saturated heterocycles. The maximum atomic E-state index is 2.47. The molecule has 0 aromatic heterocycles. The lowest BCUT2D eigenvalue weighted by molar-refractivity contribution is -0.964. The minimum atomic E-state index is 0. The second kappa shape index (κ2) is 3.97. The molecule has 0 aliphatic carbocycles. The average molecular weight is 185 g/mol. The van der Waals surface area contributed by atoms with E-state index in [0.29, 0.717) is 0 Å². The highest BCUT2D eigenvalue weighted by Crippen LogP contribution is 2.35. The van der Waals surface area contributed by atoms with Crippen LogP contribution in [0.15, 0.2) is 0 Å². The fourth-order valence-electron chi connectivity index (χ4n) is 3.46. The molecular weight excluding hydrogens is 162 g/mol. The lowest BCUT2D eigenvalue weighted by atomic mass is 9.94. The van der Waals surface area contributed by atoms with Gasteiger partial charge in [-0.15, -0.1) is 0 Å². The van der Waals surface area contributed by atoms with E-state index in [9.17, 15) is 0 Å². The van der Waals surface area contributed by atoms with Crippen LogP contribution in [0, 0.1) is 0 Å². The van der Waals surface area contributed by atoms with Gasteiger partial charge in [0.15, 0.2) is 0 Å². The normalized spacial score (nSPS) is 37.4. The van der Waals surface area contributed by atoms with Gasteiger partial charge < -0.3 is 9.96 Å². The molecule has 0 bridgehead atoms. The molecule has 0 radical (unpaired) electrons. The van der Waals surface area contributed by atoms with Crippen molar-refractivity contribution in [2.24, 2.45) is 0 Å². The fraction of sp³-hybridized carbons (Fsp3) is 1.00. The van der Waals surface area contributed by atoms with Gasteiger partial charge in [-0.3, -0.25) is 0 Å². The van der Waals surface area contributed by atoms with Crippen LogP contribution < -0.4 is 0 Å². The summed E-state index contributed by atoms with van der Waals surface area (Å²) in [6.45, 7) is 7.90. The number of hydrogen-bond donors (Lipinski definition) is 0. The van der Waals surface area contributed by atoms with Crippen LogP contribution in [0.25, 0.3) is 0 Å². The maximum Gasteiger partial charge on any atom is 0.0863 e. The van der Waals surface area contributed by atoms with Gasteiger partial charge in [-0.2, -0.15) is 0 Å². The van der Waals surface area contributed by atoms with Gasteiger partial charge >= 0.3 is 0 Å². The van der Waals surface area contributed by atoms with E-state index in [1.54, 1.807) is 0 Å². The number of nitrogens with zero attached hydrogens (tertiary/aromatic N) is 1. The summed E-state index contributed by atoms with van der Waals surface area (Å²) in [6.07, 6.45) is 7.39. The molecule has 2 atom stereocenters. The van der Waals surface area contributed by atoms with E-state index in [-0.39, 0.29) is 5.48 Å². The lowest BCUT2D eigenvalue weighted by Crippen LogP contribution is -2.59. The van der Waals surface area contributed by atoms with Gasteiger partial charge in [0.2, 0.25) is 0 Å². The molecule has 0 amide bonds. The molecule has 2 heteroatoms.